The van der Waals surface area contributed by atoms with Gasteiger partial charge in [0.05, 0.1) is 12.8 Å². The average Bonchev–Trinajstić information content (AvgIpc) is 3.05. The molecule has 0 spiro atoms. The summed E-state index contributed by atoms with van der Waals surface area (Å²) in [7, 11) is 1.57. The Morgan fingerprint density at radius 1 is 0.968 bits per heavy atom. The Morgan fingerprint density at radius 3 is 2.29 bits per heavy atom. The summed E-state index contributed by atoms with van der Waals surface area (Å²) in [6.45, 7) is 3.95. The Labute approximate surface area is 185 Å². The van der Waals surface area contributed by atoms with E-state index in [2.05, 4.69) is 9.88 Å². The van der Waals surface area contributed by atoms with Crippen LogP contribution in [0.3, 0.4) is 0 Å². The maximum Gasteiger partial charge on any atom is 0.270 e. The summed E-state index contributed by atoms with van der Waals surface area (Å²) in [5, 5.41) is 2.67. The number of hydrogen-bond acceptors (Lipinski definition) is 4. The number of aromatic nitrogens is 1. The van der Waals surface area contributed by atoms with Crippen LogP contribution in [-0.4, -0.2) is 28.6 Å². The Balaban J connectivity index is 1.74. The van der Waals surface area contributed by atoms with Crippen molar-refractivity contribution in [3.05, 3.63) is 83.2 Å². The number of anilines is 1. The summed E-state index contributed by atoms with van der Waals surface area (Å²) in [5.74, 6) is -0.319. The van der Waals surface area contributed by atoms with Crippen LogP contribution in [0.2, 0.25) is 0 Å². The van der Waals surface area contributed by atoms with Crippen LogP contribution in [0.25, 0.3) is 11.8 Å². The predicted octanol–water partition coefficient (Wildman–Crippen LogP) is 3.93. The van der Waals surface area contributed by atoms with Gasteiger partial charge in [-0.3, -0.25) is 19.8 Å². The smallest absolute Gasteiger partial charge is 0.270 e. The highest BCUT2D eigenvalue weighted by molar-refractivity contribution is 7.80. The summed E-state index contributed by atoms with van der Waals surface area (Å²) < 4.78 is 7.26. The average molecular weight is 432 g/mol. The third-order valence-electron chi connectivity index (χ3n) is 5.22. The lowest BCUT2D eigenvalue weighted by Crippen LogP contribution is -2.54. The lowest BCUT2D eigenvalue weighted by Gasteiger charge is -2.29. The number of thiocarbonyl (C=S) groups is 1. The third kappa shape index (κ3) is 3.75. The van der Waals surface area contributed by atoms with Crippen LogP contribution in [0, 0.1) is 13.8 Å². The molecule has 0 aliphatic carbocycles. The molecule has 1 saturated heterocycles. The van der Waals surface area contributed by atoms with Gasteiger partial charge < -0.3 is 9.30 Å². The van der Waals surface area contributed by atoms with E-state index < -0.39 is 11.8 Å². The molecule has 1 aromatic heterocycles. The van der Waals surface area contributed by atoms with Gasteiger partial charge in [0.2, 0.25) is 0 Å². The molecular formula is C24H21N3O3S. The minimum Gasteiger partial charge on any atom is -0.497 e. The van der Waals surface area contributed by atoms with Gasteiger partial charge in [-0.05, 0) is 80.2 Å². The number of carbonyl (C=O) groups is 2. The number of hydrogen-bond donors (Lipinski definition) is 1. The van der Waals surface area contributed by atoms with Gasteiger partial charge in [0.1, 0.15) is 11.3 Å². The topological polar surface area (TPSA) is 63.6 Å². The number of ether oxygens (including phenoxy) is 1. The molecule has 1 aliphatic rings. The normalized spacial score (nSPS) is 15.4. The minimum absolute atomic E-state index is 0.0257. The van der Waals surface area contributed by atoms with Gasteiger partial charge in [0, 0.05) is 17.1 Å². The van der Waals surface area contributed by atoms with E-state index in [9.17, 15) is 9.59 Å². The van der Waals surface area contributed by atoms with Crippen molar-refractivity contribution in [2.24, 2.45) is 0 Å². The van der Waals surface area contributed by atoms with Crippen molar-refractivity contribution in [1.82, 2.24) is 9.88 Å². The number of rotatable bonds is 4. The molecule has 156 valence electrons. The van der Waals surface area contributed by atoms with Crippen LogP contribution in [0.4, 0.5) is 5.69 Å². The molecule has 6 nitrogen and oxygen atoms in total. The Hall–Kier alpha value is -3.71. The SMILES string of the molecule is COc1ccc(N2C(=O)C(=Cc3cc(C)n(-c4ccccc4)c3C)C(=O)NC2=S)cc1. The van der Waals surface area contributed by atoms with Crippen LogP contribution in [0.15, 0.2) is 66.2 Å². The van der Waals surface area contributed by atoms with Gasteiger partial charge in [-0.15, -0.1) is 0 Å². The van der Waals surface area contributed by atoms with Crippen molar-refractivity contribution in [3.63, 3.8) is 0 Å². The van der Waals surface area contributed by atoms with Crippen LogP contribution in [0.5, 0.6) is 5.75 Å². The maximum absolute atomic E-state index is 13.2. The maximum atomic E-state index is 13.2. The Morgan fingerprint density at radius 2 is 1.65 bits per heavy atom. The van der Waals surface area contributed by atoms with E-state index in [1.807, 2.05) is 50.2 Å². The fourth-order valence-corrected chi connectivity index (χ4v) is 3.97. The second-order valence-electron chi connectivity index (χ2n) is 7.15. The first kappa shape index (κ1) is 20.6. The Kier molecular flexibility index (Phi) is 5.44. The third-order valence-corrected chi connectivity index (χ3v) is 5.50. The largest absolute Gasteiger partial charge is 0.497 e. The molecular weight excluding hydrogens is 410 g/mol. The molecule has 1 fully saturated rings. The molecule has 2 amide bonds. The predicted molar refractivity (Wildman–Crippen MR) is 124 cm³/mol. The molecule has 0 saturated carbocycles. The van der Waals surface area contributed by atoms with Crippen LogP contribution < -0.4 is 15.0 Å². The molecule has 0 unspecified atom stereocenters. The molecule has 2 heterocycles. The summed E-state index contributed by atoms with van der Waals surface area (Å²) >= 11 is 5.27. The van der Waals surface area contributed by atoms with Gasteiger partial charge in [0.25, 0.3) is 11.8 Å². The molecule has 4 rings (SSSR count). The van der Waals surface area contributed by atoms with Gasteiger partial charge in [-0.2, -0.15) is 0 Å². The lowest BCUT2D eigenvalue weighted by atomic mass is 10.1. The first-order chi connectivity index (χ1) is 14.9. The molecule has 31 heavy (non-hydrogen) atoms. The number of para-hydroxylation sites is 1. The molecule has 2 aromatic carbocycles. The summed E-state index contributed by atoms with van der Waals surface area (Å²) in [6.07, 6.45) is 1.62. The van der Waals surface area contributed by atoms with Gasteiger partial charge in [-0.1, -0.05) is 18.2 Å². The number of aryl methyl sites for hydroxylation is 1. The standard InChI is InChI=1S/C24H21N3O3S/c1-15-13-17(16(2)26(15)18-7-5-4-6-8-18)14-21-22(28)25-24(31)27(23(21)29)19-9-11-20(30-3)12-10-19/h4-14H,1-3H3,(H,25,28,31). The van der Waals surface area contributed by atoms with Crippen LogP contribution in [0.1, 0.15) is 17.0 Å². The van der Waals surface area contributed by atoms with E-state index in [1.54, 1.807) is 37.5 Å². The number of nitrogens with one attached hydrogen (secondary N) is 1. The number of benzene rings is 2. The van der Waals surface area contributed by atoms with Crippen LogP contribution >= 0.6 is 12.2 Å². The lowest BCUT2D eigenvalue weighted by molar-refractivity contribution is -0.122. The molecule has 7 heteroatoms. The monoisotopic (exact) mass is 431 g/mol. The van der Waals surface area contributed by atoms with Gasteiger partial charge in [-0.25, -0.2) is 0 Å². The quantitative estimate of drug-likeness (QED) is 0.386. The van der Waals surface area contributed by atoms with Gasteiger partial charge >= 0.3 is 0 Å². The second kappa shape index (κ2) is 8.20. The van der Waals surface area contributed by atoms with E-state index in [-0.39, 0.29) is 10.7 Å². The zero-order valence-electron chi connectivity index (χ0n) is 17.4. The summed E-state index contributed by atoms with van der Waals surface area (Å²) in [6, 6.07) is 18.8. The first-order valence-electron chi connectivity index (χ1n) is 9.70. The van der Waals surface area contributed by atoms with Crippen molar-refractivity contribution in [2.45, 2.75) is 13.8 Å². The first-order valence-corrected chi connectivity index (χ1v) is 10.1. The van der Waals surface area contributed by atoms with E-state index >= 15 is 0 Å². The van der Waals surface area contributed by atoms with Crippen molar-refractivity contribution in [3.8, 4) is 11.4 Å². The highest BCUT2D eigenvalue weighted by atomic mass is 32.1. The molecule has 0 radical (unpaired) electrons. The highest BCUT2D eigenvalue weighted by Crippen LogP contribution is 2.27. The highest BCUT2D eigenvalue weighted by Gasteiger charge is 2.34. The van der Waals surface area contributed by atoms with E-state index in [0.717, 1.165) is 22.6 Å². The van der Waals surface area contributed by atoms with E-state index in [0.29, 0.717) is 11.4 Å². The summed E-state index contributed by atoms with van der Waals surface area (Å²) in [5.41, 5.74) is 4.32. The van der Waals surface area contributed by atoms with Gasteiger partial charge in [0.15, 0.2) is 5.11 Å². The van der Waals surface area contributed by atoms with Crippen molar-refractivity contribution >= 4 is 40.9 Å². The number of amides is 2. The fourth-order valence-electron chi connectivity index (χ4n) is 3.69. The zero-order chi connectivity index (χ0) is 22.1. The number of methoxy groups -OCH3 is 1. The molecule has 1 aliphatic heterocycles. The van der Waals surface area contributed by atoms with E-state index in [1.165, 1.54) is 4.90 Å². The number of nitrogens with zero attached hydrogens (tertiary/aromatic N) is 2. The van der Waals surface area contributed by atoms with Crippen molar-refractivity contribution in [2.75, 3.05) is 12.0 Å². The fraction of sp³-hybridized carbons (Fsp3) is 0.125. The van der Waals surface area contributed by atoms with Crippen LogP contribution in [-0.2, 0) is 9.59 Å². The minimum atomic E-state index is -0.510. The molecule has 1 N–H and O–H groups in total. The Bertz CT molecular complexity index is 1210. The van der Waals surface area contributed by atoms with Crippen molar-refractivity contribution in [1.29, 1.82) is 0 Å². The molecule has 0 bridgehead atoms. The van der Waals surface area contributed by atoms with E-state index in [4.69, 9.17) is 17.0 Å². The van der Waals surface area contributed by atoms with Crippen molar-refractivity contribution < 1.29 is 14.3 Å². The zero-order valence-corrected chi connectivity index (χ0v) is 18.2. The summed E-state index contributed by atoms with van der Waals surface area (Å²) in [4.78, 5) is 27.2. The number of carbonyl (C=O) groups excluding carboxylic acids is 2. The molecule has 0 atom stereocenters. The molecule has 3 aromatic rings. The second-order valence-corrected chi connectivity index (χ2v) is 7.54.